The Balaban J connectivity index is 1.76. The number of rotatable bonds is 4. The average molecular weight is 356 g/mol. The monoisotopic (exact) mass is 355 g/mol. The first kappa shape index (κ1) is 16.7. The number of imidazole rings is 1. The number of benzene rings is 1. The fourth-order valence-electron chi connectivity index (χ4n) is 2.75. The molecule has 0 amide bonds. The molecule has 0 aliphatic carbocycles. The van der Waals surface area contributed by atoms with Gasteiger partial charge in [0.1, 0.15) is 0 Å². The van der Waals surface area contributed by atoms with Gasteiger partial charge in [0.15, 0.2) is 5.69 Å². The minimum absolute atomic E-state index is 0.0453. The summed E-state index contributed by atoms with van der Waals surface area (Å²) in [6, 6.07) is 5.18. The standard InChI is InChI=1S/C16H16ClF2N3O2/c1-10-5-22(8-16(10,18)19)12-3-2-11(13(17)4-12)6-21-7-14(15(23)24)20-9-21/h2-4,7,9-10H,5-6,8H2,1H3,(H,23,24). The maximum atomic E-state index is 13.7. The van der Waals surface area contributed by atoms with Crippen molar-refractivity contribution in [2.24, 2.45) is 5.92 Å². The number of anilines is 1. The van der Waals surface area contributed by atoms with E-state index in [0.29, 0.717) is 17.3 Å². The number of hydrogen-bond acceptors (Lipinski definition) is 3. The van der Waals surface area contributed by atoms with Gasteiger partial charge in [0, 0.05) is 35.9 Å². The lowest BCUT2D eigenvalue weighted by Crippen LogP contribution is -2.26. The molecule has 128 valence electrons. The zero-order chi connectivity index (χ0) is 17.5. The average Bonchev–Trinajstić information content (AvgIpc) is 3.06. The Morgan fingerprint density at radius 2 is 2.25 bits per heavy atom. The van der Waals surface area contributed by atoms with E-state index in [-0.39, 0.29) is 18.8 Å². The molecule has 1 fully saturated rings. The Kier molecular flexibility index (Phi) is 4.21. The number of halogens is 3. The molecule has 3 rings (SSSR count). The van der Waals surface area contributed by atoms with Crippen molar-refractivity contribution in [3.05, 3.63) is 47.0 Å². The molecule has 1 aliphatic rings. The van der Waals surface area contributed by atoms with Gasteiger partial charge in [-0.3, -0.25) is 0 Å². The summed E-state index contributed by atoms with van der Waals surface area (Å²) in [6.45, 7) is 1.86. The molecule has 5 nitrogen and oxygen atoms in total. The smallest absolute Gasteiger partial charge is 0.356 e. The van der Waals surface area contributed by atoms with Crippen LogP contribution in [0.25, 0.3) is 0 Å². The number of aromatic nitrogens is 2. The van der Waals surface area contributed by atoms with Gasteiger partial charge in [-0.25, -0.2) is 18.6 Å². The van der Waals surface area contributed by atoms with Gasteiger partial charge >= 0.3 is 5.97 Å². The van der Waals surface area contributed by atoms with Crippen molar-refractivity contribution in [1.29, 1.82) is 0 Å². The number of alkyl halides is 2. The molecule has 0 bridgehead atoms. The normalized spacial score (nSPS) is 19.7. The molecule has 0 spiro atoms. The summed E-state index contributed by atoms with van der Waals surface area (Å²) in [4.78, 5) is 16.2. The first-order valence-corrected chi connectivity index (χ1v) is 7.80. The largest absolute Gasteiger partial charge is 0.476 e. The van der Waals surface area contributed by atoms with Crippen LogP contribution in [-0.2, 0) is 6.54 Å². The predicted molar refractivity (Wildman–Crippen MR) is 86.1 cm³/mol. The number of nitrogens with zero attached hydrogens (tertiary/aromatic N) is 3. The van der Waals surface area contributed by atoms with E-state index in [0.717, 1.165) is 5.56 Å². The quantitative estimate of drug-likeness (QED) is 0.913. The summed E-state index contributed by atoms with van der Waals surface area (Å²) in [5, 5.41) is 9.32. The Bertz CT molecular complexity index is 778. The van der Waals surface area contributed by atoms with Gasteiger partial charge in [-0.05, 0) is 17.7 Å². The van der Waals surface area contributed by atoms with Gasteiger partial charge in [-0.2, -0.15) is 0 Å². The number of carboxylic acids is 1. The second-order valence-electron chi connectivity index (χ2n) is 6.05. The van der Waals surface area contributed by atoms with E-state index in [9.17, 15) is 13.6 Å². The minimum Gasteiger partial charge on any atom is -0.476 e. The molecule has 1 atom stereocenters. The molecule has 2 aromatic rings. The molecule has 2 heterocycles. The van der Waals surface area contributed by atoms with Crippen molar-refractivity contribution in [3.63, 3.8) is 0 Å². The SMILES string of the molecule is CC1CN(c2ccc(Cn3cnc(C(=O)O)c3)c(Cl)c2)CC1(F)F. The molecule has 0 radical (unpaired) electrons. The highest BCUT2D eigenvalue weighted by molar-refractivity contribution is 6.31. The van der Waals surface area contributed by atoms with Crippen LogP contribution in [0.5, 0.6) is 0 Å². The summed E-state index contributed by atoms with van der Waals surface area (Å²) in [5.41, 5.74) is 1.37. The Hall–Kier alpha value is -2.15. The molecule has 1 aromatic carbocycles. The van der Waals surface area contributed by atoms with Crippen LogP contribution in [0.3, 0.4) is 0 Å². The third-order valence-corrected chi connectivity index (χ3v) is 4.58. The van der Waals surface area contributed by atoms with E-state index < -0.39 is 17.8 Å². The van der Waals surface area contributed by atoms with Crippen LogP contribution >= 0.6 is 11.6 Å². The molecule has 1 aromatic heterocycles. The van der Waals surface area contributed by atoms with Crippen LogP contribution in [0.15, 0.2) is 30.7 Å². The second-order valence-corrected chi connectivity index (χ2v) is 6.46. The lowest BCUT2D eigenvalue weighted by Gasteiger charge is -2.19. The molecular formula is C16H16ClF2N3O2. The van der Waals surface area contributed by atoms with E-state index in [1.165, 1.54) is 19.4 Å². The van der Waals surface area contributed by atoms with Crippen LogP contribution in [0.4, 0.5) is 14.5 Å². The third-order valence-electron chi connectivity index (χ3n) is 4.22. The molecule has 1 aliphatic heterocycles. The summed E-state index contributed by atoms with van der Waals surface area (Å²) >= 11 is 6.27. The van der Waals surface area contributed by atoms with Crippen molar-refractivity contribution in [2.45, 2.75) is 19.4 Å². The second kappa shape index (κ2) is 6.05. The Morgan fingerprint density at radius 1 is 1.50 bits per heavy atom. The molecule has 24 heavy (non-hydrogen) atoms. The van der Waals surface area contributed by atoms with Gasteiger partial charge in [-0.1, -0.05) is 24.6 Å². The minimum atomic E-state index is -2.70. The van der Waals surface area contributed by atoms with Gasteiger partial charge in [0.25, 0.3) is 5.92 Å². The van der Waals surface area contributed by atoms with Crippen LogP contribution < -0.4 is 4.90 Å². The Morgan fingerprint density at radius 3 is 2.79 bits per heavy atom. The topological polar surface area (TPSA) is 58.4 Å². The van der Waals surface area contributed by atoms with Gasteiger partial charge in [-0.15, -0.1) is 0 Å². The first-order valence-electron chi connectivity index (χ1n) is 7.42. The van der Waals surface area contributed by atoms with Crippen molar-refractivity contribution in [3.8, 4) is 0 Å². The molecular weight excluding hydrogens is 340 g/mol. The number of carbonyl (C=O) groups is 1. The van der Waals surface area contributed by atoms with Crippen molar-refractivity contribution in [1.82, 2.24) is 9.55 Å². The highest BCUT2D eigenvalue weighted by atomic mass is 35.5. The van der Waals surface area contributed by atoms with Crippen molar-refractivity contribution < 1.29 is 18.7 Å². The van der Waals surface area contributed by atoms with E-state index in [1.54, 1.807) is 27.7 Å². The summed E-state index contributed by atoms with van der Waals surface area (Å²) in [7, 11) is 0. The highest BCUT2D eigenvalue weighted by Crippen LogP contribution is 2.36. The summed E-state index contributed by atoms with van der Waals surface area (Å²) in [5.74, 6) is -4.49. The predicted octanol–water partition coefficient (Wildman–Crippen LogP) is 3.37. The van der Waals surface area contributed by atoms with Crippen molar-refractivity contribution >= 4 is 23.3 Å². The van der Waals surface area contributed by atoms with Crippen LogP contribution in [0.2, 0.25) is 5.02 Å². The van der Waals surface area contributed by atoms with Gasteiger partial charge < -0.3 is 14.6 Å². The molecule has 1 saturated heterocycles. The van der Waals surface area contributed by atoms with E-state index in [2.05, 4.69) is 4.98 Å². The van der Waals surface area contributed by atoms with Gasteiger partial charge in [0.05, 0.1) is 12.9 Å². The fraction of sp³-hybridized carbons (Fsp3) is 0.375. The lowest BCUT2D eigenvalue weighted by atomic mass is 10.1. The van der Waals surface area contributed by atoms with Crippen molar-refractivity contribution in [2.75, 3.05) is 18.0 Å². The van der Waals surface area contributed by atoms with E-state index in [4.69, 9.17) is 16.7 Å². The number of hydrogen-bond donors (Lipinski definition) is 1. The summed E-state index contributed by atoms with van der Waals surface area (Å²) in [6.07, 6.45) is 2.83. The molecule has 1 N–H and O–H groups in total. The zero-order valence-electron chi connectivity index (χ0n) is 12.9. The summed E-state index contributed by atoms with van der Waals surface area (Å²) < 4.78 is 29.0. The number of carboxylic acid groups (broad SMARTS) is 1. The first-order chi connectivity index (χ1) is 11.3. The Labute approximate surface area is 142 Å². The number of aromatic carboxylic acids is 1. The maximum Gasteiger partial charge on any atom is 0.356 e. The van der Waals surface area contributed by atoms with Crippen LogP contribution in [-0.4, -0.2) is 39.6 Å². The lowest BCUT2D eigenvalue weighted by molar-refractivity contribution is -0.0137. The molecule has 8 heteroatoms. The van der Waals surface area contributed by atoms with E-state index in [1.807, 2.05) is 0 Å². The van der Waals surface area contributed by atoms with Crippen LogP contribution in [0, 0.1) is 5.92 Å². The highest BCUT2D eigenvalue weighted by Gasteiger charge is 2.45. The fourth-order valence-corrected chi connectivity index (χ4v) is 2.99. The van der Waals surface area contributed by atoms with Crippen LogP contribution in [0.1, 0.15) is 23.0 Å². The zero-order valence-corrected chi connectivity index (χ0v) is 13.7. The maximum absolute atomic E-state index is 13.7. The van der Waals surface area contributed by atoms with E-state index >= 15 is 0 Å². The van der Waals surface area contributed by atoms with Gasteiger partial charge in [0.2, 0.25) is 0 Å². The third kappa shape index (κ3) is 3.21. The molecule has 0 saturated carbocycles. The molecule has 1 unspecified atom stereocenters.